The van der Waals surface area contributed by atoms with E-state index in [1.807, 2.05) is 30.3 Å². The largest absolute Gasteiger partial charge is 0.351 e. The van der Waals surface area contributed by atoms with Gasteiger partial charge in [-0.25, -0.2) is 0 Å². The van der Waals surface area contributed by atoms with Crippen LogP contribution >= 0.6 is 27.7 Å². The minimum atomic E-state index is -0.109. The van der Waals surface area contributed by atoms with E-state index in [-0.39, 0.29) is 5.91 Å². The van der Waals surface area contributed by atoms with Crippen molar-refractivity contribution in [3.05, 3.63) is 39.2 Å². The Labute approximate surface area is 137 Å². The van der Waals surface area contributed by atoms with Crippen molar-refractivity contribution < 1.29 is 4.79 Å². The highest BCUT2D eigenvalue weighted by atomic mass is 79.9. The van der Waals surface area contributed by atoms with Crippen molar-refractivity contribution in [2.45, 2.75) is 25.7 Å². The molecule has 0 aromatic heterocycles. The summed E-state index contributed by atoms with van der Waals surface area (Å²) in [5, 5.41) is 0.880. The molecule has 0 atom stereocenters. The molecule has 110 valence electrons. The number of hydrogen-bond donors (Lipinski definition) is 0. The molecule has 1 fully saturated rings. The summed E-state index contributed by atoms with van der Waals surface area (Å²) in [6.07, 6.45) is 6.88. The Kier molecular flexibility index (Phi) is 4.80. The van der Waals surface area contributed by atoms with Crippen LogP contribution in [0.2, 0.25) is 0 Å². The fourth-order valence-electron chi connectivity index (χ4n) is 2.51. The molecule has 2 aliphatic rings. The third-order valence-corrected chi connectivity index (χ3v) is 5.23. The van der Waals surface area contributed by atoms with Gasteiger partial charge in [-0.2, -0.15) is 4.99 Å². The zero-order chi connectivity index (χ0) is 14.7. The summed E-state index contributed by atoms with van der Waals surface area (Å²) < 4.78 is 1.04. The van der Waals surface area contributed by atoms with Crippen LogP contribution in [0.3, 0.4) is 0 Å². The Morgan fingerprint density at radius 2 is 1.76 bits per heavy atom. The predicted octanol–water partition coefficient (Wildman–Crippen LogP) is 4.30. The van der Waals surface area contributed by atoms with Crippen LogP contribution in [0.4, 0.5) is 0 Å². The summed E-state index contributed by atoms with van der Waals surface area (Å²) in [7, 11) is 0. The van der Waals surface area contributed by atoms with Crippen molar-refractivity contribution in [3.63, 3.8) is 0 Å². The number of nitrogens with zero attached hydrogens (tertiary/aromatic N) is 2. The van der Waals surface area contributed by atoms with Crippen LogP contribution in [0.25, 0.3) is 6.08 Å². The number of aliphatic imine (C=N–C) groups is 1. The molecule has 1 aromatic rings. The van der Waals surface area contributed by atoms with Gasteiger partial charge in [-0.3, -0.25) is 4.79 Å². The third kappa shape index (κ3) is 3.77. The topological polar surface area (TPSA) is 32.7 Å². The number of likely N-dealkylation sites (tertiary alicyclic amines) is 1. The van der Waals surface area contributed by atoms with E-state index >= 15 is 0 Å². The number of carbonyl (C=O) groups is 1. The number of amidine groups is 1. The van der Waals surface area contributed by atoms with Crippen molar-refractivity contribution in [1.29, 1.82) is 0 Å². The molecule has 0 aliphatic carbocycles. The molecule has 1 saturated heterocycles. The van der Waals surface area contributed by atoms with E-state index in [9.17, 15) is 4.79 Å². The smallest absolute Gasteiger partial charge is 0.286 e. The van der Waals surface area contributed by atoms with Crippen molar-refractivity contribution >= 4 is 44.8 Å². The fraction of sp³-hybridized carbons (Fsp3) is 0.375. The maximum atomic E-state index is 12.1. The first kappa shape index (κ1) is 14.9. The standard InChI is InChI=1S/C16H17BrN2OS/c17-13-7-5-12(6-8-13)11-14-15(20)18-16(21-14)19-9-3-1-2-4-10-19/h5-8,11H,1-4,9-10H2/b14-11+. The second-order valence-electron chi connectivity index (χ2n) is 5.26. The molecule has 1 aromatic carbocycles. The average Bonchev–Trinajstić information content (AvgIpc) is 2.69. The van der Waals surface area contributed by atoms with Gasteiger partial charge in [0.05, 0.1) is 4.91 Å². The van der Waals surface area contributed by atoms with E-state index in [0.717, 1.165) is 33.2 Å². The highest BCUT2D eigenvalue weighted by Gasteiger charge is 2.26. The van der Waals surface area contributed by atoms with Crippen LogP contribution in [0, 0.1) is 0 Å². The first-order valence-corrected chi connectivity index (χ1v) is 8.86. The first-order chi connectivity index (χ1) is 10.2. The van der Waals surface area contributed by atoms with Gasteiger partial charge in [-0.1, -0.05) is 40.9 Å². The number of amides is 1. The maximum absolute atomic E-state index is 12.1. The minimum absolute atomic E-state index is 0.109. The molecule has 0 radical (unpaired) electrons. The van der Waals surface area contributed by atoms with E-state index in [0.29, 0.717) is 0 Å². The van der Waals surface area contributed by atoms with Gasteiger partial charge in [-0.15, -0.1) is 0 Å². The Bertz CT molecular complexity index is 587. The molecule has 0 unspecified atom stereocenters. The lowest BCUT2D eigenvalue weighted by Gasteiger charge is -2.20. The van der Waals surface area contributed by atoms with Crippen LogP contribution in [-0.2, 0) is 4.79 Å². The molecule has 2 heterocycles. The van der Waals surface area contributed by atoms with Crippen molar-refractivity contribution in [1.82, 2.24) is 4.90 Å². The molecule has 3 nitrogen and oxygen atoms in total. The quantitative estimate of drug-likeness (QED) is 0.696. The van der Waals surface area contributed by atoms with Gasteiger partial charge in [-0.05, 0) is 48.4 Å². The lowest BCUT2D eigenvalue weighted by atomic mass is 10.2. The van der Waals surface area contributed by atoms with E-state index in [2.05, 4.69) is 25.8 Å². The predicted molar refractivity (Wildman–Crippen MR) is 92.2 cm³/mol. The fourth-order valence-corrected chi connectivity index (χ4v) is 3.73. The van der Waals surface area contributed by atoms with E-state index in [1.54, 1.807) is 0 Å². The number of thioether (sulfide) groups is 1. The highest BCUT2D eigenvalue weighted by Crippen LogP contribution is 2.31. The van der Waals surface area contributed by atoms with Crippen LogP contribution in [0.15, 0.2) is 38.6 Å². The summed E-state index contributed by atoms with van der Waals surface area (Å²) in [4.78, 5) is 19.3. The normalized spacial score (nSPS) is 21.6. The van der Waals surface area contributed by atoms with E-state index in [1.165, 1.54) is 37.4 Å². The van der Waals surface area contributed by atoms with Crippen molar-refractivity contribution in [3.8, 4) is 0 Å². The van der Waals surface area contributed by atoms with Crippen molar-refractivity contribution in [2.24, 2.45) is 4.99 Å². The van der Waals surface area contributed by atoms with E-state index < -0.39 is 0 Å². The SMILES string of the molecule is O=C1N=C(N2CCCCCC2)S/C1=C/c1ccc(Br)cc1. The Morgan fingerprint density at radius 3 is 2.43 bits per heavy atom. The Morgan fingerprint density at radius 1 is 1.10 bits per heavy atom. The summed E-state index contributed by atoms with van der Waals surface area (Å²) >= 11 is 4.93. The summed E-state index contributed by atoms with van der Waals surface area (Å²) in [5.74, 6) is -0.109. The molecular formula is C16H17BrN2OS. The van der Waals surface area contributed by atoms with Gasteiger partial charge in [0.2, 0.25) is 0 Å². The minimum Gasteiger partial charge on any atom is -0.351 e. The molecule has 2 aliphatic heterocycles. The van der Waals surface area contributed by atoms with Gasteiger partial charge < -0.3 is 4.90 Å². The summed E-state index contributed by atoms with van der Waals surface area (Å²) in [5.41, 5.74) is 1.03. The summed E-state index contributed by atoms with van der Waals surface area (Å²) in [6.45, 7) is 2.04. The second-order valence-corrected chi connectivity index (χ2v) is 7.19. The van der Waals surface area contributed by atoms with E-state index in [4.69, 9.17) is 0 Å². The number of benzene rings is 1. The summed E-state index contributed by atoms with van der Waals surface area (Å²) in [6, 6.07) is 7.95. The second kappa shape index (κ2) is 6.79. The van der Waals surface area contributed by atoms with Gasteiger partial charge in [0.25, 0.3) is 5.91 Å². The Hall–Kier alpha value is -1.07. The highest BCUT2D eigenvalue weighted by molar-refractivity contribution is 9.10. The Balaban J connectivity index is 1.73. The molecule has 0 spiro atoms. The average molecular weight is 365 g/mol. The zero-order valence-corrected chi connectivity index (χ0v) is 14.1. The lowest BCUT2D eigenvalue weighted by Crippen LogP contribution is -2.28. The molecule has 21 heavy (non-hydrogen) atoms. The van der Waals surface area contributed by atoms with Gasteiger partial charge >= 0.3 is 0 Å². The number of hydrogen-bond acceptors (Lipinski definition) is 3. The molecule has 3 rings (SSSR count). The van der Waals surface area contributed by atoms with Crippen molar-refractivity contribution in [2.75, 3.05) is 13.1 Å². The van der Waals surface area contributed by atoms with Gasteiger partial charge in [0.1, 0.15) is 0 Å². The number of halogens is 1. The molecular weight excluding hydrogens is 348 g/mol. The first-order valence-electron chi connectivity index (χ1n) is 7.25. The van der Waals surface area contributed by atoms with Crippen LogP contribution in [0.5, 0.6) is 0 Å². The van der Waals surface area contributed by atoms with Gasteiger partial charge in [0, 0.05) is 17.6 Å². The zero-order valence-electron chi connectivity index (χ0n) is 11.7. The van der Waals surface area contributed by atoms with Gasteiger partial charge in [0.15, 0.2) is 5.17 Å². The molecule has 0 N–H and O–H groups in total. The van der Waals surface area contributed by atoms with Crippen LogP contribution in [-0.4, -0.2) is 29.1 Å². The van der Waals surface area contributed by atoms with Crippen LogP contribution < -0.4 is 0 Å². The number of carbonyl (C=O) groups excluding carboxylic acids is 1. The lowest BCUT2D eigenvalue weighted by molar-refractivity contribution is -0.113. The monoisotopic (exact) mass is 364 g/mol. The molecule has 0 bridgehead atoms. The number of rotatable bonds is 1. The molecule has 0 saturated carbocycles. The molecule has 1 amide bonds. The molecule has 5 heteroatoms. The third-order valence-electron chi connectivity index (χ3n) is 3.65. The van der Waals surface area contributed by atoms with Crippen LogP contribution in [0.1, 0.15) is 31.2 Å². The maximum Gasteiger partial charge on any atom is 0.286 e.